The molecule has 0 saturated carbocycles. The van der Waals surface area contributed by atoms with Crippen molar-refractivity contribution in [2.45, 2.75) is 33.4 Å². The van der Waals surface area contributed by atoms with Crippen LogP contribution in [-0.4, -0.2) is 14.7 Å². The maximum atomic E-state index is 13.6. The number of nitrogens with zero attached hydrogens (tertiary/aromatic N) is 3. The van der Waals surface area contributed by atoms with Gasteiger partial charge in [-0.25, -0.2) is 9.07 Å². The Morgan fingerprint density at radius 2 is 2.14 bits per heavy atom. The molecule has 1 aromatic heterocycles. The molecule has 0 aliphatic heterocycles. The highest BCUT2D eigenvalue weighted by molar-refractivity contribution is 5.59. The molecule has 112 valence electrons. The van der Waals surface area contributed by atoms with Gasteiger partial charge < -0.3 is 5.32 Å². The van der Waals surface area contributed by atoms with E-state index < -0.39 is 4.92 Å². The Hall–Kier alpha value is -2.44. The normalized spacial score (nSPS) is 10.6. The lowest BCUT2D eigenvalue weighted by Crippen LogP contribution is -2.10. The van der Waals surface area contributed by atoms with Crippen molar-refractivity contribution in [3.63, 3.8) is 0 Å². The van der Waals surface area contributed by atoms with Crippen LogP contribution in [0.25, 0.3) is 0 Å². The summed E-state index contributed by atoms with van der Waals surface area (Å²) in [6.07, 6.45) is 0.798. The lowest BCUT2D eigenvalue weighted by atomic mass is 10.2. The summed E-state index contributed by atoms with van der Waals surface area (Å²) in [5, 5.41) is 18.3. The summed E-state index contributed by atoms with van der Waals surface area (Å²) in [4.78, 5) is 10.7. The van der Waals surface area contributed by atoms with Crippen molar-refractivity contribution in [3.8, 4) is 0 Å². The van der Waals surface area contributed by atoms with Crippen molar-refractivity contribution in [1.29, 1.82) is 0 Å². The van der Waals surface area contributed by atoms with E-state index in [1.54, 1.807) is 29.8 Å². The van der Waals surface area contributed by atoms with Crippen LogP contribution in [0.4, 0.5) is 15.9 Å². The summed E-state index contributed by atoms with van der Waals surface area (Å²) < 4.78 is 15.2. The fourth-order valence-electron chi connectivity index (χ4n) is 2.16. The molecule has 0 radical (unpaired) electrons. The fourth-order valence-corrected chi connectivity index (χ4v) is 2.16. The first-order chi connectivity index (χ1) is 10.0. The molecule has 0 spiro atoms. The quantitative estimate of drug-likeness (QED) is 0.655. The monoisotopic (exact) mass is 292 g/mol. The number of benzene rings is 1. The van der Waals surface area contributed by atoms with Crippen molar-refractivity contribution in [1.82, 2.24) is 9.78 Å². The van der Waals surface area contributed by atoms with E-state index in [-0.39, 0.29) is 18.0 Å². The Morgan fingerprint density at radius 3 is 2.76 bits per heavy atom. The molecule has 1 heterocycles. The Labute approximate surface area is 121 Å². The van der Waals surface area contributed by atoms with Crippen molar-refractivity contribution in [2.24, 2.45) is 0 Å². The van der Waals surface area contributed by atoms with Gasteiger partial charge in [0.15, 0.2) is 0 Å². The van der Waals surface area contributed by atoms with E-state index >= 15 is 0 Å². The Balaban J connectivity index is 2.29. The van der Waals surface area contributed by atoms with Crippen LogP contribution in [-0.2, 0) is 13.1 Å². The van der Waals surface area contributed by atoms with E-state index in [2.05, 4.69) is 10.4 Å². The molecule has 21 heavy (non-hydrogen) atoms. The second-order valence-electron chi connectivity index (χ2n) is 4.71. The van der Waals surface area contributed by atoms with Crippen LogP contribution in [0.3, 0.4) is 0 Å². The minimum Gasteiger partial charge on any atom is -0.360 e. The SMILES string of the molecule is CCCn1nc(C)c([N+](=O)[O-])c1NCc1ccccc1F. The summed E-state index contributed by atoms with van der Waals surface area (Å²) in [7, 11) is 0. The highest BCUT2D eigenvalue weighted by atomic mass is 19.1. The van der Waals surface area contributed by atoms with E-state index in [1.807, 2.05) is 6.92 Å². The Morgan fingerprint density at radius 1 is 1.43 bits per heavy atom. The topological polar surface area (TPSA) is 73.0 Å². The van der Waals surface area contributed by atoms with E-state index in [4.69, 9.17) is 0 Å². The van der Waals surface area contributed by atoms with Crippen LogP contribution in [0, 0.1) is 22.9 Å². The third kappa shape index (κ3) is 3.18. The van der Waals surface area contributed by atoms with Crippen molar-refractivity contribution >= 4 is 11.5 Å². The van der Waals surface area contributed by atoms with Gasteiger partial charge in [0.2, 0.25) is 5.82 Å². The number of aryl methyl sites for hydroxylation is 2. The molecule has 7 heteroatoms. The zero-order valence-corrected chi connectivity index (χ0v) is 12.0. The van der Waals surface area contributed by atoms with Gasteiger partial charge in [-0.3, -0.25) is 10.1 Å². The van der Waals surface area contributed by atoms with Gasteiger partial charge in [-0.2, -0.15) is 5.10 Å². The van der Waals surface area contributed by atoms with Crippen molar-refractivity contribution < 1.29 is 9.31 Å². The summed E-state index contributed by atoms with van der Waals surface area (Å²) in [5.41, 5.74) is 0.748. The summed E-state index contributed by atoms with van der Waals surface area (Å²) in [6, 6.07) is 6.33. The molecule has 0 unspecified atom stereocenters. The third-order valence-electron chi connectivity index (χ3n) is 3.12. The number of nitrogens with one attached hydrogen (secondary N) is 1. The number of nitro groups is 1. The van der Waals surface area contributed by atoms with Gasteiger partial charge in [0, 0.05) is 18.7 Å². The standard InChI is InChI=1S/C14H17FN4O2/c1-3-8-18-14(13(19(20)21)10(2)17-18)16-9-11-6-4-5-7-12(11)15/h4-7,16H,3,8-9H2,1-2H3. The first-order valence-electron chi connectivity index (χ1n) is 6.73. The van der Waals surface area contributed by atoms with Gasteiger partial charge in [0.1, 0.15) is 11.5 Å². The van der Waals surface area contributed by atoms with E-state index in [0.717, 1.165) is 6.42 Å². The van der Waals surface area contributed by atoms with Crippen LogP contribution in [0.1, 0.15) is 24.6 Å². The molecule has 2 rings (SSSR count). The smallest absolute Gasteiger partial charge is 0.333 e. The van der Waals surface area contributed by atoms with Crippen LogP contribution < -0.4 is 5.32 Å². The molecule has 6 nitrogen and oxygen atoms in total. The molecule has 1 N–H and O–H groups in total. The Bertz CT molecular complexity index is 654. The maximum absolute atomic E-state index is 13.6. The lowest BCUT2D eigenvalue weighted by Gasteiger charge is -2.09. The molecule has 0 fully saturated rings. The molecular formula is C14H17FN4O2. The zero-order valence-electron chi connectivity index (χ0n) is 12.0. The van der Waals surface area contributed by atoms with Crippen molar-refractivity contribution in [3.05, 3.63) is 51.5 Å². The average molecular weight is 292 g/mol. The highest BCUT2D eigenvalue weighted by Crippen LogP contribution is 2.29. The van der Waals surface area contributed by atoms with Gasteiger partial charge in [0.05, 0.1) is 4.92 Å². The predicted molar refractivity (Wildman–Crippen MR) is 77.6 cm³/mol. The minimum atomic E-state index is -0.460. The number of aromatic nitrogens is 2. The van der Waals surface area contributed by atoms with Gasteiger partial charge >= 0.3 is 5.69 Å². The highest BCUT2D eigenvalue weighted by Gasteiger charge is 2.24. The van der Waals surface area contributed by atoms with E-state index in [1.165, 1.54) is 6.07 Å². The molecule has 0 aliphatic carbocycles. The molecule has 1 aromatic carbocycles. The summed E-state index contributed by atoms with van der Waals surface area (Å²) in [5.74, 6) is -0.0199. The minimum absolute atomic E-state index is 0.0558. The molecule has 0 saturated heterocycles. The first kappa shape index (κ1) is 15.0. The third-order valence-corrected chi connectivity index (χ3v) is 3.12. The first-order valence-corrected chi connectivity index (χ1v) is 6.73. The van der Waals surface area contributed by atoms with Crippen LogP contribution in [0.2, 0.25) is 0 Å². The number of anilines is 1. The molecule has 0 amide bonds. The van der Waals surface area contributed by atoms with Crippen LogP contribution >= 0.6 is 0 Å². The average Bonchev–Trinajstić information content (AvgIpc) is 2.74. The molecule has 2 aromatic rings. The van der Waals surface area contributed by atoms with Crippen LogP contribution in [0.5, 0.6) is 0 Å². The largest absolute Gasteiger partial charge is 0.360 e. The van der Waals surface area contributed by atoms with Gasteiger partial charge in [-0.15, -0.1) is 0 Å². The molecule has 0 aliphatic rings. The number of halogens is 1. The number of rotatable bonds is 6. The number of hydrogen-bond acceptors (Lipinski definition) is 4. The Kier molecular flexibility index (Phi) is 4.52. The van der Waals surface area contributed by atoms with E-state index in [9.17, 15) is 14.5 Å². The molecule has 0 atom stereocenters. The van der Waals surface area contributed by atoms with Gasteiger partial charge in [-0.05, 0) is 19.4 Å². The van der Waals surface area contributed by atoms with Gasteiger partial charge in [-0.1, -0.05) is 25.1 Å². The zero-order chi connectivity index (χ0) is 15.4. The summed E-state index contributed by atoms with van der Waals surface area (Å²) >= 11 is 0. The van der Waals surface area contributed by atoms with Crippen LogP contribution in [0.15, 0.2) is 24.3 Å². The summed E-state index contributed by atoms with van der Waals surface area (Å²) in [6.45, 7) is 4.29. The maximum Gasteiger partial charge on any atom is 0.333 e. The van der Waals surface area contributed by atoms with Crippen molar-refractivity contribution in [2.75, 3.05) is 5.32 Å². The van der Waals surface area contributed by atoms with E-state index in [0.29, 0.717) is 23.6 Å². The number of hydrogen-bond donors (Lipinski definition) is 1. The molecular weight excluding hydrogens is 275 g/mol. The fraction of sp³-hybridized carbons (Fsp3) is 0.357. The molecule has 0 bridgehead atoms. The predicted octanol–water partition coefficient (Wildman–Crippen LogP) is 3.26. The second-order valence-corrected chi connectivity index (χ2v) is 4.71. The lowest BCUT2D eigenvalue weighted by molar-refractivity contribution is -0.384. The van der Waals surface area contributed by atoms with Gasteiger partial charge in [0.25, 0.3) is 0 Å². The second kappa shape index (κ2) is 6.34.